The number of nitrogens with zero attached hydrogens (tertiary/aromatic N) is 1. The number of likely N-dealkylation sites (N-methyl/N-ethyl adjacent to an activating group) is 1. The summed E-state index contributed by atoms with van der Waals surface area (Å²) in [5, 5.41) is 5.97. The minimum absolute atomic E-state index is 0.00191. The van der Waals surface area contributed by atoms with Crippen molar-refractivity contribution in [1.82, 2.24) is 10.2 Å². The van der Waals surface area contributed by atoms with Crippen LogP contribution in [-0.4, -0.2) is 42.9 Å². The highest BCUT2D eigenvalue weighted by Gasteiger charge is 2.23. The van der Waals surface area contributed by atoms with Gasteiger partial charge in [0.1, 0.15) is 0 Å². The Morgan fingerprint density at radius 1 is 1.45 bits per heavy atom. The predicted molar refractivity (Wildman–Crippen MR) is 78.5 cm³/mol. The van der Waals surface area contributed by atoms with Gasteiger partial charge in [0.05, 0.1) is 12.6 Å². The maximum Gasteiger partial charge on any atom is 0.241 e. The second-order valence-electron chi connectivity index (χ2n) is 5.03. The van der Waals surface area contributed by atoms with E-state index in [-0.39, 0.29) is 24.4 Å². The van der Waals surface area contributed by atoms with Gasteiger partial charge in [0.2, 0.25) is 11.8 Å². The summed E-state index contributed by atoms with van der Waals surface area (Å²) in [6.07, 6.45) is 1.52. The molecule has 1 unspecified atom stereocenters. The van der Waals surface area contributed by atoms with Crippen LogP contribution in [-0.2, 0) is 16.0 Å². The van der Waals surface area contributed by atoms with E-state index in [0.29, 0.717) is 13.0 Å². The number of carbonyl (C=O) groups excluding carboxylic acids is 2. The lowest BCUT2D eigenvalue weighted by Crippen LogP contribution is -2.45. The van der Waals surface area contributed by atoms with E-state index in [4.69, 9.17) is 0 Å². The molecule has 1 aliphatic rings. The molecule has 20 heavy (non-hydrogen) atoms. The van der Waals surface area contributed by atoms with Gasteiger partial charge in [-0.3, -0.25) is 14.9 Å². The molecule has 1 atom stereocenters. The standard InChI is InChI=1S/C15H21N3O2/c1-3-18(2)14(19)10-16-13-9-8-11-6-4-5-7-12(11)17-15(13)20/h4-7,13,16H,3,8-10H2,1-2H3,(H,17,20). The van der Waals surface area contributed by atoms with Crippen LogP contribution < -0.4 is 10.6 Å². The van der Waals surface area contributed by atoms with E-state index in [1.165, 1.54) is 0 Å². The van der Waals surface area contributed by atoms with Crippen molar-refractivity contribution in [2.75, 3.05) is 25.5 Å². The maximum absolute atomic E-state index is 12.1. The lowest BCUT2D eigenvalue weighted by atomic mass is 10.1. The summed E-state index contributed by atoms with van der Waals surface area (Å²) in [5.41, 5.74) is 2.01. The Morgan fingerprint density at radius 3 is 2.95 bits per heavy atom. The number of rotatable bonds is 4. The van der Waals surface area contributed by atoms with Crippen molar-refractivity contribution in [2.45, 2.75) is 25.8 Å². The molecule has 1 aliphatic heterocycles. The van der Waals surface area contributed by atoms with E-state index in [1.807, 2.05) is 31.2 Å². The van der Waals surface area contributed by atoms with E-state index in [1.54, 1.807) is 11.9 Å². The number of anilines is 1. The van der Waals surface area contributed by atoms with Crippen LogP contribution in [0.1, 0.15) is 18.9 Å². The molecule has 1 heterocycles. The third kappa shape index (κ3) is 3.36. The van der Waals surface area contributed by atoms with Gasteiger partial charge in [0, 0.05) is 19.3 Å². The SMILES string of the molecule is CCN(C)C(=O)CNC1CCc2ccccc2NC1=O. The molecule has 2 amide bonds. The fourth-order valence-corrected chi connectivity index (χ4v) is 2.23. The summed E-state index contributed by atoms with van der Waals surface area (Å²) in [5.74, 6) is -0.0658. The average molecular weight is 275 g/mol. The third-order valence-electron chi connectivity index (χ3n) is 3.69. The first-order valence-electron chi connectivity index (χ1n) is 6.98. The summed E-state index contributed by atoms with van der Waals surface area (Å²) < 4.78 is 0. The summed E-state index contributed by atoms with van der Waals surface area (Å²) in [4.78, 5) is 25.5. The summed E-state index contributed by atoms with van der Waals surface area (Å²) in [6.45, 7) is 2.79. The second kappa shape index (κ2) is 6.52. The van der Waals surface area contributed by atoms with Gasteiger partial charge in [-0.1, -0.05) is 18.2 Å². The summed E-state index contributed by atoms with van der Waals surface area (Å²) >= 11 is 0. The van der Waals surface area contributed by atoms with Gasteiger partial charge in [0.25, 0.3) is 0 Å². The molecule has 0 saturated heterocycles. The quantitative estimate of drug-likeness (QED) is 0.862. The first kappa shape index (κ1) is 14.5. The van der Waals surface area contributed by atoms with Crippen LogP contribution in [0.2, 0.25) is 0 Å². The molecule has 0 fully saturated rings. The molecular weight excluding hydrogens is 254 g/mol. The van der Waals surface area contributed by atoms with Gasteiger partial charge in [0.15, 0.2) is 0 Å². The number of hydrogen-bond donors (Lipinski definition) is 2. The molecule has 0 radical (unpaired) electrons. The zero-order valence-electron chi connectivity index (χ0n) is 12.0. The van der Waals surface area contributed by atoms with Crippen LogP contribution in [0.3, 0.4) is 0 Å². The van der Waals surface area contributed by atoms with Crippen molar-refractivity contribution in [2.24, 2.45) is 0 Å². The van der Waals surface area contributed by atoms with Crippen LogP contribution in [0, 0.1) is 0 Å². The highest BCUT2D eigenvalue weighted by atomic mass is 16.2. The van der Waals surface area contributed by atoms with Crippen LogP contribution in [0.25, 0.3) is 0 Å². The molecule has 2 rings (SSSR count). The smallest absolute Gasteiger partial charge is 0.241 e. The number of hydrogen-bond acceptors (Lipinski definition) is 3. The number of fused-ring (bicyclic) bond motifs is 1. The number of aryl methyl sites for hydroxylation is 1. The molecule has 0 spiro atoms. The van der Waals surface area contributed by atoms with Gasteiger partial charge < -0.3 is 10.2 Å². The molecule has 0 aliphatic carbocycles. The van der Waals surface area contributed by atoms with Gasteiger partial charge in [-0.15, -0.1) is 0 Å². The van der Waals surface area contributed by atoms with Gasteiger partial charge >= 0.3 is 0 Å². The molecule has 0 aromatic heterocycles. The zero-order chi connectivity index (χ0) is 14.5. The Bertz CT molecular complexity index is 502. The zero-order valence-corrected chi connectivity index (χ0v) is 12.0. The van der Waals surface area contributed by atoms with E-state index in [9.17, 15) is 9.59 Å². The van der Waals surface area contributed by atoms with Crippen molar-refractivity contribution in [1.29, 1.82) is 0 Å². The minimum Gasteiger partial charge on any atom is -0.345 e. The van der Waals surface area contributed by atoms with Crippen molar-refractivity contribution in [3.63, 3.8) is 0 Å². The molecule has 2 N–H and O–H groups in total. The Labute approximate surface area is 119 Å². The number of amides is 2. The lowest BCUT2D eigenvalue weighted by molar-refractivity contribution is -0.129. The van der Waals surface area contributed by atoms with Crippen molar-refractivity contribution in [3.05, 3.63) is 29.8 Å². The van der Waals surface area contributed by atoms with Crippen LogP contribution in [0.5, 0.6) is 0 Å². The molecule has 108 valence electrons. The van der Waals surface area contributed by atoms with Gasteiger partial charge in [-0.25, -0.2) is 0 Å². The number of carbonyl (C=O) groups is 2. The van der Waals surface area contributed by atoms with Crippen LogP contribution in [0.4, 0.5) is 5.69 Å². The molecular formula is C15H21N3O2. The minimum atomic E-state index is -0.323. The van der Waals surface area contributed by atoms with E-state index < -0.39 is 0 Å². The monoisotopic (exact) mass is 275 g/mol. The summed E-state index contributed by atoms with van der Waals surface area (Å²) in [7, 11) is 1.76. The van der Waals surface area contributed by atoms with Gasteiger partial charge in [-0.2, -0.15) is 0 Å². The molecule has 1 aromatic carbocycles. The van der Waals surface area contributed by atoms with Crippen molar-refractivity contribution < 1.29 is 9.59 Å². The topological polar surface area (TPSA) is 61.4 Å². The molecule has 5 nitrogen and oxygen atoms in total. The largest absolute Gasteiger partial charge is 0.345 e. The average Bonchev–Trinajstić information content (AvgIpc) is 2.62. The molecule has 1 aromatic rings. The fourth-order valence-electron chi connectivity index (χ4n) is 2.23. The highest BCUT2D eigenvalue weighted by Crippen LogP contribution is 2.21. The van der Waals surface area contributed by atoms with Crippen molar-refractivity contribution >= 4 is 17.5 Å². The third-order valence-corrected chi connectivity index (χ3v) is 3.69. The van der Waals surface area contributed by atoms with E-state index >= 15 is 0 Å². The van der Waals surface area contributed by atoms with Crippen LogP contribution in [0.15, 0.2) is 24.3 Å². The summed E-state index contributed by atoms with van der Waals surface area (Å²) in [6, 6.07) is 7.49. The number of benzene rings is 1. The maximum atomic E-state index is 12.1. The Balaban J connectivity index is 1.95. The van der Waals surface area contributed by atoms with Crippen molar-refractivity contribution in [3.8, 4) is 0 Å². The van der Waals surface area contributed by atoms with E-state index in [2.05, 4.69) is 10.6 Å². The highest BCUT2D eigenvalue weighted by molar-refractivity contribution is 5.96. The first-order chi connectivity index (χ1) is 9.61. The fraction of sp³-hybridized carbons (Fsp3) is 0.467. The predicted octanol–water partition coefficient (Wildman–Crippen LogP) is 1.01. The Hall–Kier alpha value is -1.88. The Kier molecular flexibility index (Phi) is 4.74. The van der Waals surface area contributed by atoms with E-state index in [0.717, 1.165) is 17.7 Å². The van der Waals surface area contributed by atoms with Gasteiger partial charge in [-0.05, 0) is 31.4 Å². The number of para-hydroxylation sites is 1. The first-order valence-corrected chi connectivity index (χ1v) is 6.98. The van der Waals surface area contributed by atoms with Crippen LogP contribution >= 0.6 is 0 Å². The second-order valence-corrected chi connectivity index (χ2v) is 5.03. The molecule has 5 heteroatoms. The number of nitrogens with one attached hydrogen (secondary N) is 2. The normalized spacial score (nSPS) is 17.9. The Morgan fingerprint density at radius 2 is 2.20 bits per heavy atom. The molecule has 0 bridgehead atoms. The lowest BCUT2D eigenvalue weighted by Gasteiger charge is -2.18. The molecule has 0 saturated carbocycles.